The number of hydrogen-bond donors (Lipinski definition) is 2. The molecule has 0 aliphatic rings. The van der Waals surface area contributed by atoms with Gasteiger partial charge in [-0.15, -0.1) is 0 Å². The molecule has 0 spiro atoms. The number of anilines is 1. The third kappa shape index (κ3) is 4.04. The first-order valence-electron chi connectivity index (χ1n) is 5.76. The maximum absolute atomic E-state index is 11.7. The number of halogens is 1. The summed E-state index contributed by atoms with van der Waals surface area (Å²) in [6.45, 7) is 3.99. The Morgan fingerprint density at radius 3 is 2.67 bits per heavy atom. The van der Waals surface area contributed by atoms with Crippen molar-refractivity contribution in [1.82, 2.24) is 0 Å². The average molecular weight is 270 g/mol. The molecule has 0 fully saturated rings. The molecule has 2 N–H and O–H groups in total. The summed E-state index contributed by atoms with van der Waals surface area (Å²) in [5.41, 5.74) is 0.433. The van der Waals surface area contributed by atoms with E-state index in [1.165, 1.54) is 18.2 Å². The number of benzene rings is 1. The second kappa shape index (κ2) is 6.40. The van der Waals surface area contributed by atoms with Crippen molar-refractivity contribution in [3.05, 3.63) is 28.8 Å². The molecular formula is C13H16ClNO3. The predicted octanol–water partition coefficient (Wildman–Crippen LogP) is 3.41. The van der Waals surface area contributed by atoms with Crippen molar-refractivity contribution in [2.24, 2.45) is 5.92 Å². The molecule has 0 bridgehead atoms. The summed E-state index contributed by atoms with van der Waals surface area (Å²) >= 11 is 5.91. The van der Waals surface area contributed by atoms with Crippen molar-refractivity contribution in [3.8, 4) is 0 Å². The number of carbonyl (C=O) groups excluding carboxylic acids is 1. The number of carbonyl (C=O) groups is 2. The summed E-state index contributed by atoms with van der Waals surface area (Å²) in [5, 5.41) is 11.8. The smallest absolute Gasteiger partial charge is 0.335 e. The topological polar surface area (TPSA) is 66.4 Å². The van der Waals surface area contributed by atoms with E-state index in [0.29, 0.717) is 17.1 Å². The Morgan fingerprint density at radius 2 is 2.11 bits per heavy atom. The summed E-state index contributed by atoms with van der Waals surface area (Å²) in [5.74, 6) is -0.927. The number of amides is 1. The molecule has 98 valence electrons. The second-order valence-corrected chi connectivity index (χ2v) is 4.67. The lowest BCUT2D eigenvalue weighted by Gasteiger charge is -2.11. The van der Waals surface area contributed by atoms with E-state index in [1.54, 1.807) is 0 Å². The van der Waals surface area contributed by atoms with Gasteiger partial charge in [0.05, 0.1) is 16.3 Å². The van der Waals surface area contributed by atoms with Gasteiger partial charge in [-0.25, -0.2) is 4.79 Å². The van der Waals surface area contributed by atoms with Gasteiger partial charge in [0.15, 0.2) is 0 Å². The van der Waals surface area contributed by atoms with Crippen LogP contribution in [0.15, 0.2) is 18.2 Å². The number of carboxylic acid groups (broad SMARTS) is 1. The molecule has 1 amide bonds. The second-order valence-electron chi connectivity index (χ2n) is 4.27. The minimum Gasteiger partial charge on any atom is -0.478 e. The molecule has 0 aliphatic heterocycles. The molecule has 0 saturated carbocycles. The Balaban J connectivity index is 2.80. The van der Waals surface area contributed by atoms with E-state index in [2.05, 4.69) is 5.32 Å². The minimum atomic E-state index is -1.05. The molecule has 1 rings (SSSR count). The van der Waals surface area contributed by atoms with Gasteiger partial charge in [-0.05, 0) is 24.1 Å². The van der Waals surface area contributed by atoms with E-state index in [4.69, 9.17) is 16.7 Å². The Hall–Kier alpha value is -1.55. The molecule has 1 atom stereocenters. The van der Waals surface area contributed by atoms with Crippen LogP contribution in [0, 0.1) is 5.92 Å². The highest BCUT2D eigenvalue weighted by Crippen LogP contribution is 2.23. The molecule has 1 unspecified atom stereocenters. The predicted molar refractivity (Wildman–Crippen MR) is 71.1 cm³/mol. The molecule has 18 heavy (non-hydrogen) atoms. The Bertz CT molecular complexity index is 460. The molecule has 5 heteroatoms. The van der Waals surface area contributed by atoms with E-state index in [9.17, 15) is 9.59 Å². The zero-order chi connectivity index (χ0) is 13.7. The van der Waals surface area contributed by atoms with Crippen LogP contribution in [0.3, 0.4) is 0 Å². The highest BCUT2D eigenvalue weighted by molar-refractivity contribution is 6.33. The van der Waals surface area contributed by atoms with Crippen molar-refractivity contribution in [1.29, 1.82) is 0 Å². The average Bonchev–Trinajstić information content (AvgIpc) is 2.31. The van der Waals surface area contributed by atoms with Crippen LogP contribution in [-0.2, 0) is 4.79 Å². The fourth-order valence-electron chi connectivity index (χ4n) is 1.42. The van der Waals surface area contributed by atoms with Crippen LogP contribution in [0.25, 0.3) is 0 Å². The zero-order valence-electron chi connectivity index (χ0n) is 10.4. The van der Waals surface area contributed by atoms with E-state index >= 15 is 0 Å². The van der Waals surface area contributed by atoms with E-state index < -0.39 is 5.97 Å². The third-order valence-corrected chi connectivity index (χ3v) is 3.05. The molecule has 1 aromatic rings. The SMILES string of the molecule is CCC(C)CC(=O)Nc1cc(C(=O)O)ccc1Cl. The molecule has 0 heterocycles. The van der Waals surface area contributed by atoms with Crippen molar-refractivity contribution in [2.75, 3.05) is 5.32 Å². The maximum atomic E-state index is 11.7. The highest BCUT2D eigenvalue weighted by atomic mass is 35.5. The fourth-order valence-corrected chi connectivity index (χ4v) is 1.58. The summed E-state index contributed by atoms with van der Waals surface area (Å²) in [6.07, 6.45) is 1.31. The van der Waals surface area contributed by atoms with Gasteiger partial charge in [-0.1, -0.05) is 31.9 Å². The van der Waals surface area contributed by atoms with Crippen LogP contribution < -0.4 is 5.32 Å². The van der Waals surface area contributed by atoms with Crippen LogP contribution in [0.1, 0.15) is 37.0 Å². The van der Waals surface area contributed by atoms with E-state index in [0.717, 1.165) is 6.42 Å². The van der Waals surface area contributed by atoms with Crippen LogP contribution in [0.5, 0.6) is 0 Å². The maximum Gasteiger partial charge on any atom is 0.335 e. The van der Waals surface area contributed by atoms with Gasteiger partial charge in [0.1, 0.15) is 0 Å². The van der Waals surface area contributed by atoms with Gasteiger partial charge in [0.2, 0.25) is 5.91 Å². The molecule has 0 saturated heterocycles. The van der Waals surface area contributed by atoms with E-state index in [1.807, 2.05) is 13.8 Å². The van der Waals surface area contributed by atoms with Gasteiger partial charge >= 0.3 is 5.97 Å². The standard InChI is InChI=1S/C13H16ClNO3/c1-3-8(2)6-12(16)15-11-7-9(13(17)18)4-5-10(11)14/h4-5,7-8H,3,6H2,1-2H3,(H,15,16)(H,17,18). The number of carboxylic acids is 1. The van der Waals surface area contributed by atoms with Gasteiger partial charge in [-0.2, -0.15) is 0 Å². The number of rotatable bonds is 5. The number of aromatic carboxylic acids is 1. The Labute approximate surface area is 111 Å². The Kier molecular flexibility index (Phi) is 5.16. The van der Waals surface area contributed by atoms with E-state index in [-0.39, 0.29) is 17.4 Å². The van der Waals surface area contributed by atoms with Gasteiger partial charge in [0, 0.05) is 6.42 Å². The van der Waals surface area contributed by atoms with Crippen LogP contribution in [-0.4, -0.2) is 17.0 Å². The lowest BCUT2D eigenvalue weighted by Crippen LogP contribution is -2.15. The third-order valence-electron chi connectivity index (χ3n) is 2.72. The quantitative estimate of drug-likeness (QED) is 0.861. The van der Waals surface area contributed by atoms with Crippen LogP contribution in [0.4, 0.5) is 5.69 Å². The monoisotopic (exact) mass is 269 g/mol. The van der Waals surface area contributed by atoms with Crippen LogP contribution in [0.2, 0.25) is 5.02 Å². The van der Waals surface area contributed by atoms with Crippen molar-refractivity contribution < 1.29 is 14.7 Å². The first kappa shape index (κ1) is 14.5. The lowest BCUT2D eigenvalue weighted by atomic mass is 10.0. The number of nitrogens with one attached hydrogen (secondary N) is 1. The van der Waals surface area contributed by atoms with Crippen LogP contribution >= 0.6 is 11.6 Å². The lowest BCUT2D eigenvalue weighted by molar-refractivity contribution is -0.117. The zero-order valence-corrected chi connectivity index (χ0v) is 11.1. The summed E-state index contributed by atoms with van der Waals surface area (Å²) < 4.78 is 0. The first-order valence-corrected chi connectivity index (χ1v) is 6.14. The molecular weight excluding hydrogens is 254 g/mol. The normalized spacial score (nSPS) is 11.9. The van der Waals surface area contributed by atoms with Crippen molar-refractivity contribution in [2.45, 2.75) is 26.7 Å². The van der Waals surface area contributed by atoms with Crippen molar-refractivity contribution >= 4 is 29.2 Å². The molecule has 0 radical (unpaired) electrons. The van der Waals surface area contributed by atoms with Gasteiger partial charge < -0.3 is 10.4 Å². The van der Waals surface area contributed by atoms with Gasteiger partial charge in [0.25, 0.3) is 0 Å². The minimum absolute atomic E-state index is 0.0956. The first-order chi connectivity index (χ1) is 8.43. The molecule has 0 aliphatic carbocycles. The van der Waals surface area contributed by atoms with Crippen molar-refractivity contribution in [3.63, 3.8) is 0 Å². The summed E-state index contributed by atoms with van der Waals surface area (Å²) in [4.78, 5) is 22.5. The fraction of sp³-hybridized carbons (Fsp3) is 0.385. The Morgan fingerprint density at radius 1 is 1.44 bits per heavy atom. The number of hydrogen-bond acceptors (Lipinski definition) is 2. The highest BCUT2D eigenvalue weighted by Gasteiger charge is 2.11. The largest absolute Gasteiger partial charge is 0.478 e. The molecule has 4 nitrogen and oxygen atoms in total. The molecule has 1 aromatic carbocycles. The molecule has 0 aromatic heterocycles. The summed E-state index contributed by atoms with van der Waals surface area (Å²) in [6, 6.07) is 4.22. The van der Waals surface area contributed by atoms with Gasteiger partial charge in [-0.3, -0.25) is 4.79 Å². The summed E-state index contributed by atoms with van der Waals surface area (Å²) in [7, 11) is 0.